The predicted octanol–water partition coefficient (Wildman–Crippen LogP) is 5.24. The Balaban J connectivity index is 1.46. The lowest BCUT2D eigenvalue weighted by Gasteiger charge is -2.44. The summed E-state index contributed by atoms with van der Waals surface area (Å²) in [5.74, 6) is -0.618. The summed E-state index contributed by atoms with van der Waals surface area (Å²) in [6.07, 6.45) is 15.3. The fourth-order valence-electron chi connectivity index (χ4n) is 6.75. The van der Waals surface area contributed by atoms with E-state index in [1.807, 2.05) is 28.8 Å². The number of ether oxygens (including phenoxy) is 1. The number of aromatic nitrogens is 2. The molecule has 0 amide bonds. The SMILES string of the molecule is CCOC(=O)c1nc2ccccc2n([C@H]2C[C@H]3CC[C@@H](C2)N3C2CCCCCCCC2)c1=O. The fourth-order valence-corrected chi connectivity index (χ4v) is 6.75. The van der Waals surface area contributed by atoms with Gasteiger partial charge in [0.2, 0.25) is 5.69 Å². The minimum absolute atomic E-state index is 0.0819. The lowest BCUT2D eigenvalue weighted by atomic mass is 9.91. The van der Waals surface area contributed by atoms with Crippen LogP contribution in [0.2, 0.25) is 0 Å². The summed E-state index contributed by atoms with van der Waals surface area (Å²) in [4.78, 5) is 33.3. The summed E-state index contributed by atoms with van der Waals surface area (Å²) < 4.78 is 7.04. The molecule has 3 fully saturated rings. The van der Waals surface area contributed by atoms with Gasteiger partial charge in [0.05, 0.1) is 17.6 Å². The molecular formula is C27H37N3O3. The molecule has 6 nitrogen and oxygen atoms in total. The minimum atomic E-state index is -0.618. The molecule has 2 saturated heterocycles. The first-order valence-corrected chi connectivity index (χ1v) is 13.1. The standard InChI is InChI=1S/C27H37N3O3/c1-2-33-27(32)25-26(31)30(24-14-10-9-13-23(24)28-25)22-17-20-15-16-21(18-22)29(20)19-11-7-5-3-4-6-8-12-19/h9-10,13-14,19-22H,2-8,11-12,15-18H2,1H3/t20-,21+,22+. The van der Waals surface area contributed by atoms with Crippen LogP contribution in [-0.2, 0) is 4.74 Å². The molecule has 2 aliphatic heterocycles. The second-order valence-electron chi connectivity index (χ2n) is 10.2. The lowest BCUT2D eigenvalue weighted by molar-refractivity contribution is 0.0498. The number of carbonyl (C=O) groups is 1. The Labute approximate surface area is 196 Å². The molecule has 0 spiro atoms. The van der Waals surface area contributed by atoms with Crippen molar-refractivity contribution in [1.29, 1.82) is 0 Å². The van der Waals surface area contributed by atoms with E-state index < -0.39 is 5.97 Å². The summed E-state index contributed by atoms with van der Waals surface area (Å²) in [7, 11) is 0. The Morgan fingerprint density at radius 1 is 0.909 bits per heavy atom. The Kier molecular flexibility index (Phi) is 6.81. The first-order chi connectivity index (χ1) is 16.2. The zero-order valence-electron chi connectivity index (χ0n) is 19.9. The first kappa shape index (κ1) is 22.6. The van der Waals surface area contributed by atoms with Gasteiger partial charge in [0.1, 0.15) is 0 Å². The Bertz CT molecular complexity index is 1020. The normalized spacial score (nSPS) is 27.1. The number of para-hydroxylation sites is 2. The molecule has 1 aliphatic carbocycles. The maximum absolute atomic E-state index is 13.5. The van der Waals surface area contributed by atoms with Crippen LogP contribution in [0.1, 0.15) is 101 Å². The van der Waals surface area contributed by atoms with Crippen molar-refractivity contribution in [3.8, 4) is 0 Å². The lowest BCUT2D eigenvalue weighted by Crippen LogP contribution is -2.50. The predicted molar refractivity (Wildman–Crippen MR) is 130 cm³/mol. The van der Waals surface area contributed by atoms with E-state index in [0.717, 1.165) is 18.4 Å². The van der Waals surface area contributed by atoms with Crippen LogP contribution in [0, 0.1) is 0 Å². The number of rotatable bonds is 4. The van der Waals surface area contributed by atoms with Gasteiger partial charge in [0.15, 0.2) is 0 Å². The number of carbonyl (C=O) groups excluding carboxylic acids is 1. The number of hydrogen-bond acceptors (Lipinski definition) is 5. The summed E-state index contributed by atoms with van der Waals surface area (Å²) in [5, 5.41) is 0. The Morgan fingerprint density at radius 2 is 1.55 bits per heavy atom. The van der Waals surface area contributed by atoms with Gasteiger partial charge in [0, 0.05) is 24.2 Å². The van der Waals surface area contributed by atoms with Gasteiger partial charge < -0.3 is 9.30 Å². The van der Waals surface area contributed by atoms with Crippen LogP contribution < -0.4 is 5.56 Å². The highest BCUT2D eigenvalue weighted by atomic mass is 16.5. The van der Waals surface area contributed by atoms with Gasteiger partial charge in [-0.2, -0.15) is 0 Å². The maximum Gasteiger partial charge on any atom is 0.362 e. The summed E-state index contributed by atoms with van der Waals surface area (Å²) in [6.45, 7) is 1.99. The van der Waals surface area contributed by atoms with E-state index in [1.54, 1.807) is 6.92 Å². The highest BCUT2D eigenvalue weighted by Gasteiger charge is 2.44. The number of piperidine rings is 1. The Morgan fingerprint density at radius 3 is 2.21 bits per heavy atom. The van der Waals surface area contributed by atoms with Crippen LogP contribution in [0.25, 0.3) is 11.0 Å². The summed E-state index contributed by atoms with van der Waals surface area (Å²) >= 11 is 0. The molecule has 0 N–H and O–H groups in total. The van der Waals surface area contributed by atoms with Crippen molar-refractivity contribution in [2.45, 2.75) is 108 Å². The van der Waals surface area contributed by atoms with Crippen molar-refractivity contribution in [1.82, 2.24) is 14.5 Å². The first-order valence-electron chi connectivity index (χ1n) is 13.1. The molecule has 3 heterocycles. The highest BCUT2D eigenvalue weighted by molar-refractivity contribution is 5.89. The van der Waals surface area contributed by atoms with Crippen molar-refractivity contribution in [3.05, 3.63) is 40.3 Å². The number of nitrogens with zero attached hydrogens (tertiary/aromatic N) is 3. The van der Waals surface area contributed by atoms with Crippen molar-refractivity contribution >= 4 is 17.0 Å². The second-order valence-corrected chi connectivity index (χ2v) is 10.2. The molecule has 3 aliphatic rings. The van der Waals surface area contributed by atoms with E-state index in [2.05, 4.69) is 9.88 Å². The van der Waals surface area contributed by atoms with Crippen LogP contribution in [0.15, 0.2) is 29.1 Å². The largest absolute Gasteiger partial charge is 0.461 e. The van der Waals surface area contributed by atoms with Gasteiger partial charge in [-0.15, -0.1) is 0 Å². The molecule has 1 aromatic heterocycles. The quantitative estimate of drug-likeness (QED) is 0.595. The average Bonchev–Trinajstić information content (AvgIpc) is 3.15. The number of hydrogen-bond donors (Lipinski definition) is 0. The van der Waals surface area contributed by atoms with Crippen LogP contribution in [0.3, 0.4) is 0 Å². The number of esters is 1. The fraction of sp³-hybridized carbons (Fsp3) is 0.667. The highest BCUT2D eigenvalue weighted by Crippen LogP contribution is 2.44. The van der Waals surface area contributed by atoms with Crippen LogP contribution >= 0.6 is 0 Å². The van der Waals surface area contributed by atoms with Gasteiger partial charge in [-0.1, -0.05) is 50.7 Å². The van der Waals surface area contributed by atoms with Gasteiger partial charge in [-0.3, -0.25) is 9.69 Å². The second kappa shape index (κ2) is 9.96. The van der Waals surface area contributed by atoms with Crippen LogP contribution in [0.4, 0.5) is 0 Å². The third-order valence-electron chi connectivity index (χ3n) is 8.14. The van der Waals surface area contributed by atoms with Gasteiger partial charge >= 0.3 is 5.97 Å². The van der Waals surface area contributed by atoms with E-state index in [0.29, 0.717) is 23.6 Å². The molecule has 5 rings (SSSR count). The molecule has 2 bridgehead atoms. The molecule has 6 heteroatoms. The molecule has 178 valence electrons. The zero-order chi connectivity index (χ0) is 22.8. The van der Waals surface area contributed by atoms with Crippen molar-refractivity contribution < 1.29 is 9.53 Å². The average molecular weight is 452 g/mol. The molecule has 33 heavy (non-hydrogen) atoms. The van der Waals surface area contributed by atoms with Crippen LogP contribution in [-0.4, -0.2) is 45.2 Å². The smallest absolute Gasteiger partial charge is 0.362 e. The van der Waals surface area contributed by atoms with Gasteiger partial charge in [0.25, 0.3) is 5.56 Å². The third kappa shape index (κ3) is 4.46. The summed E-state index contributed by atoms with van der Waals surface area (Å²) in [6, 6.07) is 9.56. The van der Waals surface area contributed by atoms with Gasteiger partial charge in [-0.25, -0.2) is 9.78 Å². The molecule has 0 radical (unpaired) electrons. The zero-order valence-corrected chi connectivity index (χ0v) is 19.9. The van der Waals surface area contributed by atoms with E-state index in [9.17, 15) is 9.59 Å². The van der Waals surface area contributed by atoms with Crippen molar-refractivity contribution in [2.75, 3.05) is 6.61 Å². The topological polar surface area (TPSA) is 64.4 Å². The van der Waals surface area contributed by atoms with Crippen LogP contribution in [0.5, 0.6) is 0 Å². The van der Waals surface area contributed by atoms with E-state index >= 15 is 0 Å². The number of benzene rings is 1. The van der Waals surface area contributed by atoms with E-state index in [1.165, 1.54) is 64.2 Å². The number of fused-ring (bicyclic) bond motifs is 3. The Hall–Kier alpha value is -2.21. The molecular weight excluding hydrogens is 414 g/mol. The minimum Gasteiger partial charge on any atom is -0.461 e. The van der Waals surface area contributed by atoms with E-state index in [4.69, 9.17) is 4.74 Å². The molecule has 0 unspecified atom stereocenters. The van der Waals surface area contributed by atoms with Crippen molar-refractivity contribution in [3.63, 3.8) is 0 Å². The monoisotopic (exact) mass is 451 g/mol. The molecule has 3 atom stereocenters. The molecule has 2 aromatic rings. The molecule has 1 aromatic carbocycles. The van der Waals surface area contributed by atoms with Crippen molar-refractivity contribution in [2.24, 2.45) is 0 Å². The van der Waals surface area contributed by atoms with E-state index in [-0.39, 0.29) is 23.9 Å². The maximum atomic E-state index is 13.5. The summed E-state index contributed by atoms with van der Waals surface area (Å²) in [5.41, 5.74) is 1.14. The molecule has 1 saturated carbocycles. The van der Waals surface area contributed by atoms with Gasteiger partial charge in [-0.05, 0) is 57.6 Å². The third-order valence-corrected chi connectivity index (χ3v) is 8.14.